The van der Waals surface area contributed by atoms with Gasteiger partial charge in [-0.2, -0.15) is 12.2 Å². The Balaban J connectivity index is 0.000000490. The molecule has 2 aliphatic carbocycles. The number of unbranched alkanes of at least 4 members (excludes halogenated alkanes) is 2. The van der Waals surface area contributed by atoms with Gasteiger partial charge in [0.25, 0.3) is 0 Å². The second-order valence-corrected chi connectivity index (χ2v) is 18.1. The normalized spacial score (nSPS) is 21.7. The molecule has 5 heteroatoms. The smallest absolute Gasteiger partial charge is 1.00 e. The second kappa shape index (κ2) is 14.8. The maximum absolute atomic E-state index is 3.58. The van der Waals surface area contributed by atoms with E-state index < -0.39 is 16.1 Å². The summed E-state index contributed by atoms with van der Waals surface area (Å²) in [5.41, 5.74) is 0. The van der Waals surface area contributed by atoms with Crippen LogP contribution in [0.3, 0.4) is 0 Å². The minimum Gasteiger partial charge on any atom is -1.00 e. The summed E-state index contributed by atoms with van der Waals surface area (Å²) in [4.78, 5) is 0. The molecule has 2 aliphatic heterocycles. The molecule has 0 N–H and O–H groups in total. The average molecular weight is 632 g/mol. The summed E-state index contributed by atoms with van der Waals surface area (Å²) in [5, 5.41) is 3.35. The number of hydrogen-bond acceptors (Lipinski definition) is 0. The molecule has 0 bridgehead atoms. The molecule has 0 nitrogen and oxygen atoms in total. The van der Waals surface area contributed by atoms with Crippen LogP contribution in [0.15, 0.2) is 34.7 Å². The van der Waals surface area contributed by atoms with Gasteiger partial charge in [-0.25, -0.2) is 22.5 Å². The van der Waals surface area contributed by atoms with Gasteiger partial charge < -0.3 is 24.8 Å². The molecule has 160 valence electrons. The van der Waals surface area contributed by atoms with Crippen LogP contribution in [0.25, 0.3) is 0 Å². The van der Waals surface area contributed by atoms with Crippen LogP contribution in [0, 0.1) is 12.2 Å². The molecule has 0 atom stereocenters. The second-order valence-electron chi connectivity index (χ2n) is 8.87. The van der Waals surface area contributed by atoms with Crippen molar-refractivity contribution in [3.63, 3.8) is 0 Å². The first-order chi connectivity index (χ1) is 12.7. The molecule has 4 rings (SSSR count). The van der Waals surface area contributed by atoms with Crippen LogP contribution in [0.2, 0.25) is 36.3 Å². The number of rotatable bonds is 8. The van der Waals surface area contributed by atoms with E-state index in [9.17, 15) is 0 Å². The summed E-state index contributed by atoms with van der Waals surface area (Å²) in [7, 11) is -1.82. The predicted molar refractivity (Wildman–Crippen MR) is 120 cm³/mol. The van der Waals surface area contributed by atoms with Gasteiger partial charge in [-0.3, -0.25) is 12.2 Å². The van der Waals surface area contributed by atoms with E-state index in [4.69, 9.17) is 0 Å². The van der Waals surface area contributed by atoms with Crippen LogP contribution in [-0.4, -0.2) is 16.1 Å². The van der Waals surface area contributed by atoms with Gasteiger partial charge in [0.15, 0.2) is 0 Å². The third kappa shape index (κ3) is 7.44. The van der Waals surface area contributed by atoms with Crippen LogP contribution in [0.1, 0.15) is 65.2 Å². The van der Waals surface area contributed by atoms with Gasteiger partial charge in [-0.1, -0.05) is 88.6 Å². The van der Waals surface area contributed by atoms with Crippen molar-refractivity contribution in [2.75, 3.05) is 0 Å². The summed E-state index contributed by atoms with van der Waals surface area (Å²) >= 11 is 0. The molecule has 0 unspecified atom stereocenters. The van der Waals surface area contributed by atoms with Crippen molar-refractivity contribution >= 4 is 16.1 Å². The minimum absolute atomic E-state index is 0. The summed E-state index contributed by atoms with van der Waals surface area (Å²) in [6, 6.07) is 9.30. The molecule has 2 saturated heterocycles. The van der Waals surface area contributed by atoms with Gasteiger partial charge in [0.05, 0.1) is 0 Å². The van der Waals surface area contributed by atoms with Crippen molar-refractivity contribution in [3.05, 3.63) is 46.8 Å². The molecule has 0 aromatic rings. The fourth-order valence-electron chi connectivity index (χ4n) is 5.08. The van der Waals surface area contributed by atoms with Crippen LogP contribution in [0.5, 0.6) is 0 Å². The van der Waals surface area contributed by atoms with Crippen LogP contribution in [0.4, 0.5) is 0 Å². The van der Waals surface area contributed by atoms with Gasteiger partial charge in [0.1, 0.15) is 0 Å². The first-order valence-electron chi connectivity index (χ1n) is 11.3. The molecule has 0 radical (unpaired) electrons. The topological polar surface area (TPSA) is 0 Å². The molecule has 0 amide bonds. The van der Waals surface area contributed by atoms with Crippen molar-refractivity contribution in [2.24, 2.45) is 0 Å². The first kappa shape index (κ1) is 29.8. The van der Waals surface area contributed by atoms with Crippen LogP contribution in [-0.2, 0) is 25.8 Å². The monoisotopic (exact) mass is 632 g/mol. The molecule has 0 spiro atoms. The summed E-state index contributed by atoms with van der Waals surface area (Å²) in [6.07, 6.45) is 27.3. The van der Waals surface area contributed by atoms with Crippen molar-refractivity contribution in [1.29, 1.82) is 0 Å². The van der Waals surface area contributed by atoms with Crippen molar-refractivity contribution in [3.8, 4) is 0 Å². The van der Waals surface area contributed by atoms with E-state index in [1.807, 2.05) is 0 Å². The SMILES string of the molecule is CCCC[Si]1(C2=[C-]CC=C2)CCC1.CCCC[Si]1(C2=[C-]CC=C2)CCC1.[Cl-].[Cl-].[Hf+4]. The maximum Gasteiger partial charge on any atom is 4.00 e. The minimum atomic E-state index is -0.912. The van der Waals surface area contributed by atoms with E-state index in [1.54, 1.807) is 34.6 Å². The van der Waals surface area contributed by atoms with E-state index in [2.05, 4.69) is 50.3 Å². The van der Waals surface area contributed by atoms with Gasteiger partial charge >= 0.3 is 25.8 Å². The van der Waals surface area contributed by atoms with Crippen LogP contribution >= 0.6 is 0 Å². The Hall–Kier alpha value is 0.844. The molecular formula is C24H38Cl2HfSi2. The summed E-state index contributed by atoms with van der Waals surface area (Å²) in [5.74, 6) is 0. The summed E-state index contributed by atoms with van der Waals surface area (Å²) < 4.78 is 0. The summed E-state index contributed by atoms with van der Waals surface area (Å²) in [6.45, 7) is 4.62. The Kier molecular flexibility index (Phi) is 15.3. The predicted octanol–water partition coefficient (Wildman–Crippen LogP) is 1.74. The first-order valence-corrected chi connectivity index (χ1v) is 16.5. The van der Waals surface area contributed by atoms with Gasteiger partial charge in [0.2, 0.25) is 0 Å². The van der Waals surface area contributed by atoms with Crippen molar-refractivity contribution < 1.29 is 50.7 Å². The zero-order chi connectivity index (χ0) is 18.3. The van der Waals surface area contributed by atoms with Gasteiger partial charge in [-0.05, 0) is 0 Å². The molecular weight excluding hydrogens is 594 g/mol. The Morgan fingerprint density at radius 3 is 1.31 bits per heavy atom. The number of halogens is 2. The Labute approximate surface area is 213 Å². The van der Waals surface area contributed by atoms with E-state index >= 15 is 0 Å². The molecule has 2 heterocycles. The van der Waals surface area contributed by atoms with E-state index in [0.717, 1.165) is 12.8 Å². The molecule has 2 fully saturated rings. The number of hydrogen-bond donors (Lipinski definition) is 0. The van der Waals surface area contributed by atoms with Crippen LogP contribution < -0.4 is 24.8 Å². The standard InChI is InChI=1S/2C12H19Si.2ClH.Hf/c2*1-2-3-9-13(10-6-11-13)12-7-4-5-8-12;;;/h2*4,7H,2-3,5-6,9-11H2,1H3;2*1H;/q2*-1;;;+4/p-2. The zero-order valence-electron chi connectivity index (χ0n) is 18.5. The Bertz CT molecular complexity index is 536. The molecule has 0 aromatic carbocycles. The third-order valence-corrected chi connectivity index (χ3v) is 18.0. The van der Waals surface area contributed by atoms with Crippen molar-refractivity contribution in [2.45, 2.75) is 101 Å². The maximum atomic E-state index is 3.58. The van der Waals surface area contributed by atoms with Gasteiger partial charge in [-0.15, -0.1) is 12.8 Å². The molecule has 0 aromatic heterocycles. The quantitative estimate of drug-likeness (QED) is 0.283. The Morgan fingerprint density at radius 1 is 0.724 bits per heavy atom. The van der Waals surface area contributed by atoms with Gasteiger partial charge in [0, 0.05) is 16.1 Å². The van der Waals surface area contributed by atoms with Crippen molar-refractivity contribution in [1.82, 2.24) is 0 Å². The average Bonchev–Trinajstić information content (AvgIpc) is 3.28. The zero-order valence-corrected chi connectivity index (χ0v) is 25.6. The molecule has 4 aliphatic rings. The largest absolute Gasteiger partial charge is 4.00 e. The third-order valence-electron chi connectivity index (χ3n) is 7.17. The fraction of sp³-hybridized carbons (Fsp3) is 0.667. The van der Waals surface area contributed by atoms with E-state index in [1.165, 1.54) is 50.6 Å². The van der Waals surface area contributed by atoms with E-state index in [0.29, 0.717) is 0 Å². The van der Waals surface area contributed by atoms with E-state index in [-0.39, 0.29) is 50.7 Å². The molecule has 0 saturated carbocycles. The number of allylic oxidation sites excluding steroid dienone is 8. The molecule has 29 heavy (non-hydrogen) atoms. The Morgan fingerprint density at radius 2 is 1.10 bits per heavy atom. The fourth-order valence-corrected chi connectivity index (χ4v) is 14.1.